The molecule has 0 saturated heterocycles. The van der Waals surface area contributed by atoms with Crippen LogP contribution in [0.25, 0.3) is 6.08 Å². The molecule has 19 heavy (non-hydrogen) atoms. The van der Waals surface area contributed by atoms with E-state index in [1.807, 2.05) is 24.3 Å². The summed E-state index contributed by atoms with van der Waals surface area (Å²) in [7, 11) is 0. The van der Waals surface area contributed by atoms with Crippen molar-refractivity contribution in [3.63, 3.8) is 0 Å². The van der Waals surface area contributed by atoms with Crippen molar-refractivity contribution in [2.45, 2.75) is 0 Å². The predicted molar refractivity (Wildman–Crippen MR) is 80.3 cm³/mol. The predicted octanol–water partition coefficient (Wildman–Crippen LogP) is 4.72. The van der Waals surface area contributed by atoms with Crippen molar-refractivity contribution in [1.29, 1.82) is 0 Å². The summed E-state index contributed by atoms with van der Waals surface area (Å²) in [5.41, 5.74) is 0.883. The smallest absolute Gasteiger partial charge is 0.336 e. The molecular formula is C15H10BrClO2. The van der Waals surface area contributed by atoms with Crippen LogP contribution in [0.15, 0.2) is 59.1 Å². The Morgan fingerprint density at radius 3 is 2.47 bits per heavy atom. The highest BCUT2D eigenvalue weighted by Crippen LogP contribution is 2.24. The van der Waals surface area contributed by atoms with Crippen LogP contribution in [0.2, 0.25) is 5.02 Å². The molecule has 0 spiro atoms. The Balaban J connectivity index is 2.02. The van der Waals surface area contributed by atoms with Crippen LogP contribution in [0.5, 0.6) is 5.75 Å². The average Bonchev–Trinajstić information content (AvgIpc) is 2.41. The molecule has 2 rings (SSSR count). The van der Waals surface area contributed by atoms with Crippen molar-refractivity contribution >= 4 is 39.6 Å². The largest absolute Gasteiger partial charge is 0.422 e. The van der Waals surface area contributed by atoms with Gasteiger partial charge in [0, 0.05) is 11.1 Å². The summed E-state index contributed by atoms with van der Waals surface area (Å²) in [6.07, 6.45) is 3.05. The average molecular weight is 338 g/mol. The summed E-state index contributed by atoms with van der Waals surface area (Å²) in [4.78, 5) is 11.6. The molecule has 4 heteroatoms. The number of hydrogen-bond donors (Lipinski definition) is 0. The van der Waals surface area contributed by atoms with Gasteiger partial charge in [-0.05, 0) is 51.8 Å². The van der Waals surface area contributed by atoms with Crippen LogP contribution in [0.4, 0.5) is 0 Å². The molecule has 0 N–H and O–H groups in total. The molecule has 2 aromatic rings. The standard InChI is InChI=1S/C15H10BrClO2/c16-13-3-1-2-4-14(13)19-15(18)10-7-11-5-8-12(17)9-6-11/h1-10H. The Morgan fingerprint density at radius 1 is 1.11 bits per heavy atom. The van der Waals surface area contributed by atoms with E-state index in [1.165, 1.54) is 6.08 Å². The number of para-hydroxylation sites is 1. The van der Waals surface area contributed by atoms with Crippen LogP contribution in [-0.2, 0) is 4.79 Å². The van der Waals surface area contributed by atoms with Gasteiger partial charge in [-0.2, -0.15) is 0 Å². The Morgan fingerprint density at radius 2 is 1.79 bits per heavy atom. The normalized spacial score (nSPS) is 10.6. The monoisotopic (exact) mass is 336 g/mol. The lowest BCUT2D eigenvalue weighted by molar-refractivity contribution is -0.128. The molecule has 0 atom stereocenters. The Bertz CT molecular complexity index is 606. The molecule has 2 nitrogen and oxygen atoms in total. The van der Waals surface area contributed by atoms with Crippen LogP contribution in [0, 0.1) is 0 Å². The fraction of sp³-hybridized carbons (Fsp3) is 0. The number of carbonyl (C=O) groups excluding carboxylic acids is 1. The summed E-state index contributed by atoms with van der Waals surface area (Å²) in [5.74, 6) is 0.0649. The Labute approximate surface area is 124 Å². The van der Waals surface area contributed by atoms with Crippen LogP contribution in [0.1, 0.15) is 5.56 Å². The highest BCUT2D eigenvalue weighted by molar-refractivity contribution is 9.10. The van der Waals surface area contributed by atoms with Gasteiger partial charge in [0.2, 0.25) is 0 Å². The molecule has 0 aromatic heterocycles. The number of carbonyl (C=O) groups is 1. The maximum absolute atomic E-state index is 11.6. The Hall–Kier alpha value is -1.58. The van der Waals surface area contributed by atoms with Gasteiger partial charge >= 0.3 is 5.97 Å². The third kappa shape index (κ3) is 4.23. The van der Waals surface area contributed by atoms with E-state index < -0.39 is 5.97 Å². The van der Waals surface area contributed by atoms with Gasteiger partial charge < -0.3 is 4.74 Å². The SMILES string of the molecule is O=C(C=Cc1ccc(Cl)cc1)Oc1ccccc1Br. The van der Waals surface area contributed by atoms with Crippen LogP contribution >= 0.6 is 27.5 Å². The number of esters is 1. The van der Waals surface area contributed by atoms with Crippen LogP contribution in [-0.4, -0.2) is 5.97 Å². The molecule has 0 amide bonds. The fourth-order valence-electron chi connectivity index (χ4n) is 1.41. The molecule has 0 aliphatic heterocycles. The maximum Gasteiger partial charge on any atom is 0.336 e. The summed E-state index contributed by atoms with van der Waals surface area (Å²) in [5, 5.41) is 0.660. The maximum atomic E-state index is 11.6. The minimum absolute atomic E-state index is 0.429. The second kappa shape index (κ2) is 6.55. The molecule has 0 radical (unpaired) electrons. The van der Waals surface area contributed by atoms with E-state index in [0.717, 1.165) is 10.0 Å². The number of hydrogen-bond acceptors (Lipinski definition) is 2. The molecule has 96 valence electrons. The van der Waals surface area contributed by atoms with Gasteiger partial charge in [0.25, 0.3) is 0 Å². The molecule has 2 aromatic carbocycles. The molecule has 0 bridgehead atoms. The van der Waals surface area contributed by atoms with Crippen molar-refractivity contribution in [3.05, 3.63) is 69.7 Å². The molecule has 0 heterocycles. The second-order valence-corrected chi connectivity index (χ2v) is 5.03. The lowest BCUT2D eigenvalue weighted by atomic mass is 10.2. The summed E-state index contributed by atoms with van der Waals surface area (Å²) in [6, 6.07) is 14.4. The van der Waals surface area contributed by atoms with Gasteiger partial charge in [-0.15, -0.1) is 0 Å². The number of halogens is 2. The van der Waals surface area contributed by atoms with Gasteiger partial charge in [0.05, 0.1) is 4.47 Å². The highest BCUT2D eigenvalue weighted by atomic mass is 79.9. The summed E-state index contributed by atoms with van der Waals surface area (Å²) in [6.45, 7) is 0. The van der Waals surface area contributed by atoms with Gasteiger partial charge in [0.15, 0.2) is 0 Å². The van der Waals surface area contributed by atoms with Crippen molar-refractivity contribution in [2.24, 2.45) is 0 Å². The first-order chi connectivity index (χ1) is 9.15. The van der Waals surface area contributed by atoms with Crippen molar-refractivity contribution in [3.8, 4) is 5.75 Å². The first-order valence-corrected chi connectivity index (χ1v) is 6.72. The molecular weight excluding hydrogens is 328 g/mol. The van der Waals surface area contributed by atoms with E-state index in [0.29, 0.717) is 10.8 Å². The summed E-state index contributed by atoms with van der Waals surface area (Å²) >= 11 is 9.09. The topological polar surface area (TPSA) is 26.3 Å². The third-order valence-corrected chi connectivity index (χ3v) is 3.24. The van der Waals surface area contributed by atoms with E-state index in [4.69, 9.17) is 16.3 Å². The van der Waals surface area contributed by atoms with Crippen molar-refractivity contribution < 1.29 is 9.53 Å². The van der Waals surface area contributed by atoms with Crippen molar-refractivity contribution in [1.82, 2.24) is 0 Å². The Kier molecular flexibility index (Phi) is 4.77. The quantitative estimate of drug-likeness (QED) is 0.460. The van der Waals surface area contributed by atoms with E-state index >= 15 is 0 Å². The minimum Gasteiger partial charge on any atom is -0.422 e. The van der Waals surface area contributed by atoms with E-state index in [2.05, 4.69) is 15.9 Å². The first-order valence-electron chi connectivity index (χ1n) is 5.55. The number of rotatable bonds is 3. The van der Waals surface area contributed by atoms with Crippen LogP contribution in [0.3, 0.4) is 0 Å². The molecule has 0 aliphatic rings. The first kappa shape index (κ1) is 13.8. The summed E-state index contributed by atoms with van der Waals surface area (Å²) < 4.78 is 5.93. The van der Waals surface area contributed by atoms with Gasteiger partial charge in [-0.1, -0.05) is 35.9 Å². The number of benzene rings is 2. The van der Waals surface area contributed by atoms with Gasteiger partial charge in [0.1, 0.15) is 5.75 Å². The minimum atomic E-state index is -0.429. The molecule has 0 saturated carbocycles. The third-order valence-electron chi connectivity index (χ3n) is 2.33. The van der Waals surface area contributed by atoms with E-state index in [-0.39, 0.29) is 0 Å². The van der Waals surface area contributed by atoms with Gasteiger partial charge in [-0.3, -0.25) is 0 Å². The molecule has 0 fully saturated rings. The fourth-order valence-corrected chi connectivity index (χ4v) is 1.90. The van der Waals surface area contributed by atoms with Crippen molar-refractivity contribution in [2.75, 3.05) is 0 Å². The zero-order valence-corrected chi connectivity index (χ0v) is 12.2. The lowest BCUT2D eigenvalue weighted by Crippen LogP contribution is -2.03. The lowest BCUT2D eigenvalue weighted by Gasteiger charge is -2.02. The number of ether oxygens (including phenoxy) is 1. The van der Waals surface area contributed by atoms with E-state index in [1.54, 1.807) is 30.3 Å². The second-order valence-electron chi connectivity index (χ2n) is 3.74. The van der Waals surface area contributed by atoms with Gasteiger partial charge in [-0.25, -0.2) is 4.79 Å². The van der Waals surface area contributed by atoms with Crippen LogP contribution < -0.4 is 4.74 Å². The highest BCUT2D eigenvalue weighted by Gasteiger charge is 2.03. The molecule has 0 aliphatic carbocycles. The van der Waals surface area contributed by atoms with E-state index in [9.17, 15) is 4.79 Å². The molecule has 0 unspecified atom stereocenters. The zero-order valence-electron chi connectivity index (χ0n) is 9.85. The zero-order chi connectivity index (χ0) is 13.7.